The Morgan fingerprint density at radius 1 is 1.30 bits per heavy atom. The number of rotatable bonds is 4. The topological polar surface area (TPSA) is 66.0 Å². The van der Waals surface area contributed by atoms with Gasteiger partial charge in [0.1, 0.15) is 6.07 Å². The molecule has 0 spiro atoms. The number of carboxylic acid groups (broad SMARTS) is 1. The molecule has 0 aliphatic heterocycles. The zero-order valence-corrected chi connectivity index (χ0v) is 11.8. The summed E-state index contributed by atoms with van der Waals surface area (Å²) in [6.07, 6.45) is 3.30. The second-order valence-corrected chi connectivity index (χ2v) is 4.97. The van der Waals surface area contributed by atoms with Gasteiger partial charge in [-0.3, -0.25) is 4.79 Å². The van der Waals surface area contributed by atoms with Crippen LogP contribution in [0.4, 0.5) is 0 Å². The molecule has 0 fully saturated rings. The molecule has 20 heavy (non-hydrogen) atoms. The molecule has 1 aromatic heterocycles. The lowest BCUT2D eigenvalue weighted by Crippen LogP contribution is -2.02. The van der Waals surface area contributed by atoms with Gasteiger partial charge in [0.25, 0.3) is 0 Å². The maximum absolute atomic E-state index is 10.6. The number of nitrogens with zero attached hydrogens (tertiary/aromatic N) is 2. The van der Waals surface area contributed by atoms with Gasteiger partial charge in [0.15, 0.2) is 0 Å². The maximum Gasteiger partial charge on any atom is 0.305 e. The number of nitriles is 1. The van der Waals surface area contributed by atoms with Crippen molar-refractivity contribution in [2.75, 3.05) is 0 Å². The molecule has 0 atom stereocenters. The maximum atomic E-state index is 10.6. The number of benzene rings is 1. The molecular weight excluding hydrogens is 299 g/mol. The first-order valence-corrected chi connectivity index (χ1v) is 6.54. The lowest BCUT2D eigenvalue weighted by molar-refractivity contribution is -0.137. The molecule has 0 amide bonds. The van der Waals surface area contributed by atoms with Crippen LogP contribution >= 0.6 is 23.2 Å². The van der Waals surface area contributed by atoms with Crippen molar-refractivity contribution in [1.82, 2.24) is 4.57 Å². The van der Waals surface area contributed by atoms with Gasteiger partial charge in [-0.1, -0.05) is 35.3 Å². The molecule has 1 aromatic carbocycles. The smallest absolute Gasteiger partial charge is 0.305 e. The van der Waals surface area contributed by atoms with Crippen LogP contribution in [0.25, 0.3) is 11.1 Å². The second-order valence-electron chi connectivity index (χ2n) is 4.18. The predicted molar refractivity (Wildman–Crippen MR) is 76.9 cm³/mol. The van der Waals surface area contributed by atoms with Crippen molar-refractivity contribution in [3.8, 4) is 17.2 Å². The minimum atomic E-state index is -0.889. The third-order valence-electron chi connectivity index (χ3n) is 2.83. The van der Waals surface area contributed by atoms with Crippen molar-refractivity contribution in [3.05, 3.63) is 46.2 Å². The largest absolute Gasteiger partial charge is 0.481 e. The monoisotopic (exact) mass is 308 g/mol. The molecule has 6 heteroatoms. The number of aliphatic carboxylic acids is 1. The standard InChI is InChI=1S/C14H10Cl2N2O2/c15-12-3-1-2-10(14(12)16)11-8-18(5-4-13(19)20)7-9(11)6-17/h1-3,7-8H,4-5H2,(H,19,20). The fraction of sp³-hybridized carbons (Fsp3) is 0.143. The number of halogens is 2. The van der Waals surface area contributed by atoms with E-state index in [1.54, 1.807) is 35.2 Å². The van der Waals surface area contributed by atoms with E-state index >= 15 is 0 Å². The molecule has 0 radical (unpaired) electrons. The van der Waals surface area contributed by atoms with Gasteiger partial charge in [0, 0.05) is 30.1 Å². The summed E-state index contributed by atoms with van der Waals surface area (Å²) in [6, 6.07) is 7.27. The number of hydrogen-bond donors (Lipinski definition) is 1. The highest BCUT2D eigenvalue weighted by Crippen LogP contribution is 2.35. The van der Waals surface area contributed by atoms with E-state index in [1.165, 1.54) is 0 Å². The summed E-state index contributed by atoms with van der Waals surface area (Å²) in [4.78, 5) is 10.6. The molecule has 102 valence electrons. The van der Waals surface area contributed by atoms with E-state index in [0.717, 1.165) is 0 Å². The molecule has 2 rings (SSSR count). The van der Waals surface area contributed by atoms with Crippen LogP contribution in [0, 0.1) is 11.3 Å². The Morgan fingerprint density at radius 2 is 2.05 bits per heavy atom. The third kappa shape index (κ3) is 2.96. The van der Waals surface area contributed by atoms with Gasteiger partial charge in [-0.15, -0.1) is 0 Å². The van der Waals surface area contributed by atoms with Gasteiger partial charge in [-0.05, 0) is 6.07 Å². The van der Waals surface area contributed by atoms with Crippen LogP contribution in [0.2, 0.25) is 10.0 Å². The minimum absolute atomic E-state index is 0.0116. The highest BCUT2D eigenvalue weighted by Gasteiger charge is 2.14. The molecule has 2 aromatic rings. The SMILES string of the molecule is N#Cc1cn(CCC(=O)O)cc1-c1cccc(Cl)c1Cl. The molecule has 0 saturated heterocycles. The number of aromatic nitrogens is 1. The molecule has 1 N–H and O–H groups in total. The van der Waals surface area contributed by atoms with E-state index in [2.05, 4.69) is 6.07 Å². The summed E-state index contributed by atoms with van der Waals surface area (Å²) >= 11 is 12.1. The van der Waals surface area contributed by atoms with Crippen LogP contribution in [0.3, 0.4) is 0 Å². The van der Waals surface area contributed by atoms with Crippen molar-refractivity contribution in [2.24, 2.45) is 0 Å². The minimum Gasteiger partial charge on any atom is -0.481 e. The first kappa shape index (κ1) is 14.4. The fourth-order valence-corrected chi connectivity index (χ4v) is 2.28. The quantitative estimate of drug-likeness (QED) is 0.934. The molecule has 0 bridgehead atoms. The number of carbonyl (C=O) groups is 1. The average molecular weight is 309 g/mol. The Bertz CT molecular complexity index is 702. The summed E-state index contributed by atoms with van der Waals surface area (Å²) in [5, 5.41) is 18.6. The van der Waals surface area contributed by atoms with Gasteiger partial charge < -0.3 is 9.67 Å². The molecule has 0 unspecified atom stereocenters. The fourth-order valence-electron chi connectivity index (χ4n) is 1.88. The summed E-state index contributed by atoms with van der Waals surface area (Å²) in [5.74, 6) is -0.889. The highest BCUT2D eigenvalue weighted by atomic mass is 35.5. The van der Waals surface area contributed by atoms with Crippen molar-refractivity contribution < 1.29 is 9.90 Å². The van der Waals surface area contributed by atoms with E-state index in [-0.39, 0.29) is 6.42 Å². The summed E-state index contributed by atoms with van der Waals surface area (Å²) in [6.45, 7) is 0.294. The van der Waals surface area contributed by atoms with Crippen molar-refractivity contribution in [2.45, 2.75) is 13.0 Å². The lowest BCUT2D eigenvalue weighted by Gasteiger charge is -2.04. The Balaban J connectivity index is 2.43. The summed E-state index contributed by atoms with van der Waals surface area (Å²) in [7, 11) is 0. The third-order valence-corrected chi connectivity index (χ3v) is 3.65. The first-order valence-electron chi connectivity index (χ1n) is 5.79. The zero-order chi connectivity index (χ0) is 14.7. The Hall–Kier alpha value is -1.96. The summed E-state index contributed by atoms with van der Waals surface area (Å²) in [5.41, 5.74) is 1.73. The second kappa shape index (κ2) is 6.00. The van der Waals surface area contributed by atoms with Crippen molar-refractivity contribution in [3.63, 3.8) is 0 Å². The van der Waals surface area contributed by atoms with Crippen LogP contribution < -0.4 is 0 Å². The van der Waals surface area contributed by atoms with Gasteiger partial charge in [-0.2, -0.15) is 5.26 Å². The van der Waals surface area contributed by atoms with Crippen LogP contribution in [0.1, 0.15) is 12.0 Å². The molecule has 1 heterocycles. The highest BCUT2D eigenvalue weighted by molar-refractivity contribution is 6.43. The molecule has 0 aliphatic rings. The Kier molecular flexibility index (Phi) is 4.33. The Labute approximate surface area is 125 Å². The lowest BCUT2D eigenvalue weighted by atomic mass is 10.1. The van der Waals surface area contributed by atoms with Crippen LogP contribution in [0.5, 0.6) is 0 Å². The predicted octanol–water partition coefficient (Wildman–Crippen LogP) is 3.81. The van der Waals surface area contributed by atoms with Crippen LogP contribution in [-0.4, -0.2) is 15.6 Å². The molecule has 4 nitrogen and oxygen atoms in total. The molecular formula is C14H10Cl2N2O2. The number of hydrogen-bond acceptors (Lipinski definition) is 2. The molecule has 0 saturated carbocycles. The number of carboxylic acids is 1. The van der Waals surface area contributed by atoms with Gasteiger partial charge in [0.05, 0.1) is 22.0 Å². The Morgan fingerprint density at radius 3 is 2.70 bits per heavy atom. The van der Waals surface area contributed by atoms with E-state index in [9.17, 15) is 10.1 Å². The number of aryl methyl sites for hydroxylation is 1. The van der Waals surface area contributed by atoms with Gasteiger partial charge in [-0.25, -0.2) is 0 Å². The zero-order valence-electron chi connectivity index (χ0n) is 10.3. The normalized spacial score (nSPS) is 10.2. The van der Waals surface area contributed by atoms with E-state index < -0.39 is 5.97 Å². The van der Waals surface area contributed by atoms with E-state index in [4.69, 9.17) is 28.3 Å². The van der Waals surface area contributed by atoms with Gasteiger partial charge >= 0.3 is 5.97 Å². The van der Waals surface area contributed by atoms with Crippen LogP contribution in [-0.2, 0) is 11.3 Å². The van der Waals surface area contributed by atoms with E-state index in [0.29, 0.717) is 33.3 Å². The average Bonchev–Trinajstić information content (AvgIpc) is 2.82. The van der Waals surface area contributed by atoms with Crippen molar-refractivity contribution >= 4 is 29.2 Å². The van der Waals surface area contributed by atoms with Crippen LogP contribution in [0.15, 0.2) is 30.6 Å². The molecule has 0 aliphatic carbocycles. The van der Waals surface area contributed by atoms with E-state index in [1.807, 2.05) is 0 Å². The van der Waals surface area contributed by atoms with Crippen molar-refractivity contribution in [1.29, 1.82) is 5.26 Å². The van der Waals surface area contributed by atoms with Gasteiger partial charge in [0.2, 0.25) is 0 Å². The first-order chi connectivity index (χ1) is 9.52. The summed E-state index contributed by atoms with van der Waals surface area (Å²) < 4.78 is 1.67.